The van der Waals surface area contributed by atoms with Gasteiger partial charge in [0, 0.05) is 18.1 Å². The number of aliphatic imine (C=N–C) groups is 1. The number of nitrogens with zero attached hydrogens (tertiary/aromatic N) is 3. The number of ether oxygens (including phenoxy) is 1. The van der Waals surface area contributed by atoms with Crippen LogP contribution in [0.15, 0.2) is 89.9 Å². The molecule has 40 heavy (non-hydrogen) atoms. The molecular formula is C34H33N4O2+. The van der Waals surface area contributed by atoms with Crippen LogP contribution in [0.3, 0.4) is 0 Å². The molecule has 0 saturated heterocycles. The van der Waals surface area contributed by atoms with Gasteiger partial charge in [0.1, 0.15) is 18.1 Å². The number of imidazole rings is 1. The first kappa shape index (κ1) is 25.7. The molecule has 0 saturated carbocycles. The van der Waals surface area contributed by atoms with E-state index in [4.69, 9.17) is 14.7 Å². The lowest BCUT2D eigenvalue weighted by atomic mass is 9.98. The number of para-hydroxylation sites is 2. The molecule has 1 aliphatic rings. The molecule has 1 N–H and O–H groups in total. The number of aryl methyl sites for hydroxylation is 2. The van der Waals surface area contributed by atoms with E-state index in [0.717, 1.165) is 70.0 Å². The van der Waals surface area contributed by atoms with Crippen molar-refractivity contribution in [3.8, 4) is 11.1 Å². The summed E-state index contributed by atoms with van der Waals surface area (Å²) in [4.78, 5) is 25.9. The molecule has 0 aliphatic carbocycles. The number of fused-ring (bicyclic) bond motifs is 2. The van der Waals surface area contributed by atoms with Crippen molar-refractivity contribution in [2.75, 3.05) is 14.2 Å². The average molecular weight is 530 g/mol. The van der Waals surface area contributed by atoms with Crippen LogP contribution in [0.5, 0.6) is 0 Å². The Hall–Kier alpha value is -4.55. The van der Waals surface area contributed by atoms with E-state index in [1.807, 2.05) is 24.3 Å². The molecule has 2 heterocycles. The van der Waals surface area contributed by atoms with Gasteiger partial charge in [-0.25, -0.2) is 14.3 Å². The van der Waals surface area contributed by atoms with Crippen molar-refractivity contribution in [1.82, 2.24) is 14.5 Å². The van der Waals surface area contributed by atoms with Gasteiger partial charge in [0.05, 0.1) is 36.3 Å². The van der Waals surface area contributed by atoms with Crippen LogP contribution in [0.4, 0.5) is 11.4 Å². The van der Waals surface area contributed by atoms with E-state index in [1.54, 1.807) is 6.07 Å². The fourth-order valence-electron chi connectivity index (χ4n) is 5.83. The Labute approximate surface area is 234 Å². The van der Waals surface area contributed by atoms with Gasteiger partial charge >= 0.3 is 5.97 Å². The number of quaternary nitrogens is 1. The van der Waals surface area contributed by atoms with Crippen LogP contribution in [0.25, 0.3) is 22.2 Å². The summed E-state index contributed by atoms with van der Waals surface area (Å²) in [6.07, 6.45) is 1.99. The van der Waals surface area contributed by atoms with Crippen LogP contribution in [0.2, 0.25) is 0 Å². The Balaban J connectivity index is 1.38. The van der Waals surface area contributed by atoms with Gasteiger partial charge in [-0.15, -0.1) is 0 Å². The minimum atomic E-state index is -0.335. The van der Waals surface area contributed by atoms with Crippen molar-refractivity contribution < 1.29 is 9.53 Å². The van der Waals surface area contributed by atoms with Gasteiger partial charge < -0.3 is 9.72 Å². The molecule has 1 atom stereocenters. The van der Waals surface area contributed by atoms with Gasteiger partial charge in [0.15, 0.2) is 5.69 Å². The summed E-state index contributed by atoms with van der Waals surface area (Å²) in [5.74, 6) is 1.71. The number of rotatable bonds is 7. The second-order valence-corrected chi connectivity index (χ2v) is 10.6. The summed E-state index contributed by atoms with van der Waals surface area (Å²) >= 11 is 0. The van der Waals surface area contributed by atoms with Crippen molar-refractivity contribution in [3.63, 3.8) is 0 Å². The molecule has 0 amide bonds. The predicted octanol–water partition coefficient (Wildman–Crippen LogP) is 7.51. The number of carbonyl (C=O) groups excluding carboxylic acids is 1. The molecule has 1 aliphatic heterocycles. The lowest BCUT2D eigenvalue weighted by Crippen LogP contribution is -2.48. The zero-order chi connectivity index (χ0) is 27.9. The Morgan fingerprint density at radius 2 is 1.70 bits per heavy atom. The van der Waals surface area contributed by atoms with E-state index < -0.39 is 0 Å². The van der Waals surface area contributed by atoms with E-state index in [-0.39, 0.29) is 5.97 Å². The minimum Gasteiger partial charge on any atom is -0.465 e. The molecule has 5 aromatic rings. The highest BCUT2D eigenvalue weighted by Gasteiger charge is 2.41. The van der Waals surface area contributed by atoms with E-state index in [2.05, 4.69) is 80.5 Å². The van der Waals surface area contributed by atoms with E-state index in [1.165, 1.54) is 18.4 Å². The summed E-state index contributed by atoms with van der Waals surface area (Å²) in [6, 6.07) is 28.8. The zero-order valence-corrected chi connectivity index (χ0v) is 23.4. The third-order valence-electron chi connectivity index (χ3n) is 7.77. The van der Waals surface area contributed by atoms with Gasteiger partial charge in [-0.1, -0.05) is 61.5 Å². The highest BCUT2D eigenvalue weighted by Crippen LogP contribution is 2.43. The summed E-state index contributed by atoms with van der Waals surface area (Å²) in [6.45, 7) is 5.03. The average Bonchev–Trinajstić information content (AvgIpc) is 3.52. The van der Waals surface area contributed by atoms with Gasteiger partial charge in [-0.05, 0) is 54.3 Å². The van der Waals surface area contributed by atoms with Gasteiger partial charge in [0.2, 0.25) is 5.84 Å². The summed E-state index contributed by atoms with van der Waals surface area (Å²) in [5.41, 5.74) is 10.1. The molecule has 6 rings (SSSR count). The van der Waals surface area contributed by atoms with Crippen molar-refractivity contribution in [3.05, 3.63) is 113 Å². The van der Waals surface area contributed by atoms with Crippen LogP contribution in [0, 0.1) is 6.92 Å². The molecular weight excluding hydrogens is 496 g/mol. The van der Waals surface area contributed by atoms with Gasteiger partial charge in [-0.3, -0.25) is 0 Å². The Bertz CT molecular complexity index is 1770. The number of hydrogen-bond acceptors (Lipinski definition) is 4. The van der Waals surface area contributed by atoms with E-state index in [0.29, 0.717) is 10.0 Å². The third-order valence-corrected chi connectivity index (χ3v) is 7.77. The number of hydrogen-bond donors (Lipinski definition) is 1. The Kier molecular flexibility index (Phi) is 6.56. The quantitative estimate of drug-likeness (QED) is 0.175. The molecule has 0 spiro atoms. The van der Waals surface area contributed by atoms with Crippen LogP contribution < -0.4 is 4.48 Å². The molecule has 4 aromatic carbocycles. The topological polar surface area (TPSA) is 67.3 Å². The number of amidine groups is 1. The molecule has 200 valence electrons. The first-order valence-electron chi connectivity index (χ1n) is 13.7. The first-order valence-corrected chi connectivity index (χ1v) is 13.7. The number of aromatic nitrogens is 2. The van der Waals surface area contributed by atoms with Gasteiger partial charge in [0.25, 0.3) is 0 Å². The monoisotopic (exact) mass is 529 g/mol. The standard InChI is InChI=1S/C34H33N4O2/c1-5-10-31-35-29-20-25(19-22(2)32(29)37-31)33-36-28-13-8-9-14-30(28)38(33,3)21-23-15-17-24(18-16-23)26-11-6-7-12-27(26)34(39)40-4/h6-9,11-20H,5,10,21H2,1-4H3,(H,35,37)/q+1. The normalized spacial score (nSPS) is 16.1. The number of H-pyrrole nitrogens is 1. The van der Waals surface area contributed by atoms with Crippen LogP contribution in [0.1, 0.15) is 46.2 Å². The number of carbonyl (C=O) groups is 1. The van der Waals surface area contributed by atoms with Crippen LogP contribution >= 0.6 is 0 Å². The van der Waals surface area contributed by atoms with Gasteiger partial charge in [-0.2, -0.15) is 4.99 Å². The fraction of sp³-hybridized carbons (Fsp3) is 0.206. The van der Waals surface area contributed by atoms with E-state index in [9.17, 15) is 4.79 Å². The van der Waals surface area contributed by atoms with E-state index >= 15 is 0 Å². The Morgan fingerprint density at radius 3 is 2.48 bits per heavy atom. The number of esters is 1. The van der Waals surface area contributed by atoms with Crippen LogP contribution in [-0.2, 0) is 17.7 Å². The molecule has 0 bridgehead atoms. The predicted molar refractivity (Wildman–Crippen MR) is 162 cm³/mol. The first-order chi connectivity index (χ1) is 19.4. The molecule has 1 aromatic heterocycles. The molecule has 0 fully saturated rings. The highest BCUT2D eigenvalue weighted by molar-refractivity contribution is 6.13. The maximum Gasteiger partial charge on any atom is 0.338 e. The summed E-state index contributed by atoms with van der Waals surface area (Å²) < 4.78 is 5.55. The molecule has 6 nitrogen and oxygen atoms in total. The van der Waals surface area contributed by atoms with Crippen molar-refractivity contribution in [1.29, 1.82) is 0 Å². The SMILES string of the molecule is CCCc1nc2c(C)cc(C3=Nc4ccccc4[N+]3(C)Cc3ccc(-c4ccccc4C(=O)OC)cc3)cc2[nH]1. The number of benzene rings is 4. The summed E-state index contributed by atoms with van der Waals surface area (Å²) in [5, 5.41) is 0. The van der Waals surface area contributed by atoms with Crippen molar-refractivity contribution >= 4 is 34.2 Å². The Morgan fingerprint density at radius 1 is 0.950 bits per heavy atom. The smallest absolute Gasteiger partial charge is 0.338 e. The third kappa shape index (κ3) is 4.40. The second kappa shape index (κ2) is 10.2. The number of methoxy groups -OCH3 is 1. The molecule has 6 heteroatoms. The zero-order valence-electron chi connectivity index (χ0n) is 23.4. The minimum absolute atomic E-state index is 0.335. The number of nitrogens with one attached hydrogen (secondary N) is 1. The lowest BCUT2D eigenvalue weighted by Gasteiger charge is -2.31. The van der Waals surface area contributed by atoms with Crippen molar-refractivity contribution in [2.45, 2.75) is 33.2 Å². The van der Waals surface area contributed by atoms with Crippen LogP contribution in [-0.4, -0.2) is 35.9 Å². The maximum absolute atomic E-state index is 12.3. The molecule has 0 radical (unpaired) electrons. The number of aromatic amines is 1. The van der Waals surface area contributed by atoms with Crippen molar-refractivity contribution in [2.24, 2.45) is 4.99 Å². The summed E-state index contributed by atoms with van der Waals surface area (Å²) in [7, 11) is 3.65. The maximum atomic E-state index is 12.3. The highest BCUT2D eigenvalue weighted by atomic mass is 16.5. The largest absolute Gasteiger partial charge is 0.465 e. The second-order valence-electron chi connectivity index (χ2n) is 10.6. The fourth-order valence-corrected chi connectivity index (χ4v) is 5.83. The lowest BCUT2D eigenvalue weighted by molar-refractivity contribution is 0.0601. The molecule has 1 unspecified atom stereocenters.